The SMILES string of the molecule is CC1CCCC(NC2CCCCNC2=O)CC1. The van der Waals surface area contributed by atoms with Gasteiger partial charge in [-0.25, -0.2) is 0 Å². The van der Waals surface area contributed by atoms with Crippen LogP contribution in [0.2, 0.25) is 0 Å². The van der Waals surface area contributed by atoms with Gasteiger partial charge in [-0.15, -0.1) is 0 Å². The van der Waals surface area contributed by atoms with E-state index in [1.165, 1.54) is 38.5 Å². The number of nitrogens with one attached hydrogen (secondary N) is 2. The molecule has 2 rings (SSSR count). The second-order valence-electron chi connectivity index (χ2n) is 5.82. The van der Waals surface area contributed by atoms with Crippen molar-refractivity contribution in [2.45, 2.75) is 70.4 Å². The highest BCUT2D eigenvalue weighted by molar-refractivity contribution is 5.81. The first-order chi connectivity index (χ1) is 8.25. The topological polar surface area (TPSA) is 41.1 Å². The Morgan fingerprint density at radius 1 is 1.06 bits per heavy atom. The monoisotopic (exact) mass is 238 g/mol. The highest BCUT2D eigenvalue weighted by Gasteiger charge is 2.24. The van der Waals surface area contributed by atoms with Crippen LogP contribution < -0.4 is 10.6 Å². The molecule has 0 radical (unpaired) electrons. The minimum absolute atomic E-state index is 0.0657. The minimum Gasteiger partial charge on any atom is -0.355 e. The van der Waals surface area contributed by atoms with Crippen LogP contribution in [0.3, 0.4) is 0 Å². The first-order valence-electron chi connectivity index (χ1n) is 7.29. The van der Waals surface area contributed by atoms with Crippen LogP contribution in [0.5, 0.6) is 0 Å². The van der Waals surface area contributed by atoms with Crippen LogP contribution in [0.1, 0.15) is 58.3 Å². The van der Waals surface area contributed by atoms with Gasteiger partial charge < -0.3 is 10.6 Å². The van der Waals surface area contributed by atoms with Gasteiger partial charge in [0, 0.05) is 12.6 Å². The first-order valence-corrected chi connectivity index (χ1v) is 7.29. The third-order valence-corrected chi connectivity index (χ3v) is 4.23. The van der Waals surface area contributed by atoms with Gasteiger partial charge in [0.25, 0.3) is 0 Å². The average Bonchev–Trinajstić information content (AvgIpc) is 2.63. The van der Waals surface area contributed by atoms with Gasteiger partial charge in [0.15, 0.2) is 0 Å². The fraction of sp³-hybridized carbons (Fsp3) is 0.929. The van der Waals surface area contributed by atoms with Gasteiger partial charge in [0.2, 0.25) is 5.91 Å². The van der Waals surface area contributed by atoms with Gasteiger partial charge in [0.1, 0.15) is 0 Å². The molecule has 1 saturated heterocycles. The van der Waals surface area contributed by atoms with E-state index in [4.69, 9.17) is 0 Å². The highest BCUT2D eigenvalue weighted by atomic mass is 16.2. The van der Waals surface area contributed by atoms with Gasteiger partial charge in [-0.1, -0.05) is 19.8 Å². The maximum absolute atomic E-state index is 11.9. The molecule has 0 spiro atoms. The second kappa shape index (κ2) is 6.39. The molecule has 0 bridgehead atoms. The van der Waals surface area contributed by atoms with Crippen LogP contribution in [-0.2, 0) is 4.79 Å². The maximum atomic E-state index is 11.9. The lowest BCUT2D eigenvalue weighted by atomic mass is 10.0. The van der Waals surface area contributed by atoms with E-state index in [9.17, 15) is 4.79 Å². The van der Waals surface area contributed by atoms with Gasteiger partial charge >= 0.3 is 0 Å². The lowest BCUT2D eigenvalue weighted by molar-refractivity contribution is -0.123. The molecule has 0 aromatic heterocycles. The van der Waals surface area contributed by atoms with Gasteiger partial charge in [-0.05, 0) is 44.4 Å². The molecule has 1 heterocycles. The summed E-state index contributed by atoms with van der Waals surface area (Å²) in [6, 6.07) is 0.629. The zero-order valence-corrected chi connectivity index (χ0v) is 11.0. The Kier molecular flexibility index (Phi) is 4.84. The standard InChI is InChI=1S/C14H26N2O/c1-11-5-4-6-12(9-8-11)16-13-7-2-3-10-15-14(13)17/h11-13,16H,2-10H2,1H3,(H,15,17). The Morgan fingerprint density at radius 2 is 1.94 bits per heavy atom. The smallest absolute Gasteiger partial charge is 0.237 e. The molecule has 1 aliphatic carbocycles. The van der Waals surface area contributed by atoms with E-state index >= 15 is 0 Å². The zero-order valence-electron chi connectivity index (χ0n) is 11.0. The van der Waals surface area contributed by atoms with E-state index in [0.717, 1.165) is 25.3 Å². The Hall–Kier alpha value is -0.570. The normalized spacial score (nSPS) is 35.8. The van der Waals surface area contributed by atoms with Crippen molar-refractivity contribution in [2.24, 2.45) is 5.92 Å². The fourth-order valence-electron chi connectivity index (χ4n) is 3.04. The molecule has 1 aliphatic heterocycles. The van der Waals surface area contributed by atoms with Crippen molar-refractivity contribution >= 4 is 5.91 Å². The van der Waals surface area contributed by atoms with Crippen molar-refractivity contribution < 1.29 is 4.79 Å². The summed E-state index contributed by atoms with van der Waals surface area (Å²) in [4.78, 5) is 11.9. The first kappa shape index (κ1) is 12.9. The van der Waals surface area contributed by atoms with Gasteiger partial charge in [0.05, 0.1) is 6.04 Å². The molecule has 2 N–H and O–H groups in total. The molecule has 2 aliphatic rings. The van der Waals surface area contributed by atoms with Crippen LogP contribution in [0.25, 0.3) is 0 Å². The van der Waals surface area contributed by atoms with Crippen LogP contribution in [0.4, 0.5) is 0 Å². The molecule has 3 unspecified atom stereocenters. The summed E-state index contributed by atoms with van der Waals surface area (Å²) in [5, 5.41) is 6.60. The second-order valence-corrected chi connectivity index (χ2v) is 5.82. The number of hydrogen-bond donors (Lipinski definition) is 2. The van der Waals surface area contributed by atoms with E-state index in [2.05, 4.69) is 17.6 Å². The molecule has 98 valence electrons. The molecular weight excluding hydrogens is 212 g/mol. The summed E-state index contributed by atoms with van der Waals surface area (Å²) in [6.07, 6.45) is 9.77. The molecule has 0 aromatic carbocycles. The Bertz CT molecular complexity index is 255. The summed E-state index contributed by atoms with van der Waals surface area (Å²) in [5.74, 6) is 1.09. The van der Waals surface area contributed by atoms with E-state index in [1.807, 2.05) is 0 Å². The van der Waals surface area contributed by atoms with Crippen LogP contribution in [0.15, 0.2) is 0 Å². The molecule has 0 aromatic rings. The van der Waals surface area contributed by atoms with E-state index < -0.39 is 0 Å². The highest BCUT2D eigenvalue weighted by Crippen LogP contribution is 2.23. The van der Waals surface area contributed by atoms with Crippen LogP contribution >= 0.6 is 0 Å². The van der Waals surface area contributed by atoms with Crippen molar-refractivity contribution in [1.29, 1.82) is 0 Å². The van der Waals surface area contributed by atoms with Crippen LogP contribution in [-0.4, -0.2) is 24.5 Å². The number of hydrogen-bond acceptors (Lipinski definition) is 2. The summed E-state index contributed by atoms with van der Waals surface area (Å²) in [7, 11) is 0. The number of rotatable bonds is 2. The van der Waals surface area contributed by atoms with E-state index in [-0.39, 0.29) is 11.9 Å². The summed E-state index contributed by atoms with van der Waals surface area (Å²) in [6.45, 7) is 3.21. The molecule has 3 nitrogen and oxygen atoms in total. The van der Waals surface area contributed by atoms with E-state index in [0.29, 0.717) is 6.04 Å². The third kappa shape index (κ3) is 3.98. The lowest BCUT2D eigenvalue weighted by Crippen LogP contribution is -2.47. The number of carbonyl (C=O) groups excluding carboxylic acids is 1. The molecule has 3 atom stereocenters. The van der Waals surface area contributed by atoms with Crippen molar-refractivity contribution in [3.8, 4) is 0 Å². The largest absolute Gasteiger partial charge is 0.355 e. The van der Waals surface area contributed by atoms with Gasteiger partial charge in [-0.2, -0.15) is 0 Å². The van der Waals surface area contributed by atoms with E-state index in [1.54, 1.807) is 0 Å². The Morgan fingerprint density at radius 3 is 2.82 bits per heavy atom. The Labute approximate surface area is 105 Å². The number of carbonyl (C=O) groups is 1. The van der Waals surface area contributed by atoms with Crippen molar-refractivity contribution in [3.05, 3.63) is 0 Å². The third-order valence-electron chi connectivity index (χ3n) is 4.23. The average molecular weight is 238 g/mol. The van der Waals surface area contributed by atoms with Crippen LogP contribution in [0, 0.1) is 5.92 Å². The molecule has 1 saturated carbocycles. The Balaban J connectivity index is 1.83. The lowest BCUT2D eigenvalue weighted by Gasteiger charge is -2.22. The summed E-state index contributed by atoms with van der Waals surface area (Å²) < 4.78 is 0. The zero-order chi connectivity index (χ0) is 12.1. The maximum Gasteiger partial charge on any atom is 0.237 e. The molecule has 17 heavy (non-hydrogen) atoms. The summed E-state index contributed by atoms with van der Waals surface area (Å²) >= 11 is 0. The van der Waals surface area contributed by atoms with Crippen molar-refractivity contribution in [2.75, 3.05) is 6.54 Å². The fourth-order valence-corrected chi connectivity index (χ4v) is 3.04. The number of amides is 1. The predicted molar refractivity (Wildman–Crippen MR) is 69.8 cm³/mol. The van der Waals surface area contributed by atoms with Gasteiger partial charge in [-0.3, -0.25) is 4.79 Å². The molecule has 2 fully saturated rings. The molecule has 3 heteroatoms. The molecule has 1 amide bonds. The minimum atomic E-state index is 0.0657. The van der Waals surface area contributed by atoms with Crippen molar-refractivity contribution in [3.63, 3.8) is 0 Å². The summed E-state index contributed by atoms with van der Waals surface area (Å²) in [5.41, 5.74) is 0. The molecular formula is C14H26N2O. The predicted octanol–water partition coefficient (Wildman–Crippen LogP) is 2.21. The van der Waals surface area contributed by atoms with Crippen molar-refractivity contribution in [1.82, 2.24) is 10.6 Å². The quantitative estimate of drug-likeness (QED) is 0.724.